The molecule has 0 aliphatic rings. The molecule has 0 spiro atoms. The molecule has 5 heteroatoms. The van der Waals surface area contributed by atoms with Gasteiger partial charge in [-0.1, -0.05) is 25.7 Å². The third-order valence-electron chi connectivity index (χ3n) is 3.53. The van der Waals surface area contributed by atoms with Crippen LogP contribution < -0.4 is 4.74 Å². The fraction of sp³-hybridized carbons (Fsp3) is 0.526. The molecule has 130 valence electrons. The molecule has 0 radical (unpaired) electrons. The summed E-state index contributed by atoms with van der Waals surface area (Å²) >= 11 is 0. The van der Waals surface area contributed by atoms with Crippen molar-refractivity contribution in [2.75, 3.05) is 6.61 Å². The third-order valence-corrected chi connectivity index (χ3v) is 3.53. The van der Waals surface area contributed by atoms with Crippen LogP contribution in [0.2, 0.25) is 0 Å². The molecular weight excluding hydrogens is 306 g/mol. The first kappa shape index (κ1) is 19.7. The Morgan fingerprint density at radius 2 is 1.46 bits per heavy atom. The molecule has 0 amide bonds. The van der Waals surface area contributed by atoms with E-state index in [9.17, 15) is 9.59 Å². The lowest BCUT2D eigenvalue weighted by Gasteiger charge is -2.05. The van der Waals surface area contributed by atoms with Crippen molar-refractivity contribution in [2.45, 2.75) is 58.3 Å². The van der Waals surface area contributed by atoms with Crippen LogP contribution in [0.1, 0.15) is 63.9 Å². The van der Waals surface area contributed by atoms with Crippen molar-refractivity contribution in [2.24, 2.45) is 0 Å². The number of carbonyl (C=O) groups excluding carboxylic acids is 2. The van der Waals surface area contributed by atoms with E-state index >= 15 is 0 Å². The summed E-state index contributed by atoms with van der Waals surface area (Å²) in [4.78, 5) is 22.8. The van der Waals surface area contributed by atoms with Crippen LogP contribution in [0.3, 0.4) is 0 Å². The van der Waals surface area contributed by atoms with E-state index in [0.717, 1.165) is 38.5 Å². The van der Waals surface area contributed by atoms with Gasteiger partial charge >= 0.3 is 11.9 Å². The number of hydrogen-bond donors (Lipinski definition) is 0. The van der Waals surface area contributed by atoms with E-state index in [2.05, 4.69) is 0 Å². The van der Waals surface area contributed by atoms with Gasteiger partial charge in [-0.25, -0.2) is 0 Å². The van der Waals surface area contributed by atoms with Crippen LogP contribution in [0, 0.1) is 11.3 Å². The van der Waals surface area contributed by atoms with E-state index in [1.807, 2.05) is 13.0 Å². The Kier molecular flexibility index (Phi) is 9.95. The van der Waals surface area contributed by atoms with Crippen LogP contribution in [0.5, 0.6) is 5.75 Å². The number of hydrogen-bond acceptors (Lipinski definition) is 5. The zero-order valence-corrected chi connectivity index (χ0v) is 14.3. The first-order valence-electron chi connectivity index (χ1n) is 8.52. The maximum absolute atomic E-state index is 11.7. The highest BCUT2D eigenvalue weighted by Crippen LogP contribution is 2.14. The summed E-state index contributed by atoms with van der Waals surface area (Å²) in [5, 5.41) is 8.70. The lowest BCUT2D eigenvalue weighted by molar-refractivity contribution is -0.143. The maximum atomic E-state index is 11.7. The number of carbonyl (C=O) groups is 2. The van der Waals surface area contributed by atoms with Gasteiger partial charge in [0.1, 0.15) is 5.75 Å². The Labute approximate surface area is 143 Å². The number of nitriles is 1. The van der Waals surface area contributed by atoms with Crippen LogP contribution in [-0.4, -0.2) is 18.5 Å². The number of unbranched alkanes of at least 4 members (excludes halogenated alkanes) is 5. The second-order valence-electron chi connectivity index (χ2n) is 5.54. The number of benzene rings is 1. The van der Waals surface area contributed by atoms with E-state index in [0.29, 0.717) is 30.8 Å². The molecule has 0 saturated carbocycles. The zero-order valence-electron chi connectivity index (χ0n) is 14.3. The number of ether oxygens (including phenoxy) is 2. The minimum absolute atomic E-state index is 0.122. The van der Waals surface area contributed by atoms with Crippen LogP contribution in [0.25, 0.3) is 0 Å². The van der Waals surface area contributed by atoms with Gasteiger partial charge in [0.2, 0.25) is 0 Å². The number of rotatable bonds is 11. The lowest BCUT2D eigenvalue weighted by atomic mass is 10.1. The molecular formula is C19H25NO4. The molecule has 0 fully saturated rings. The predicted octanol–water partition coefficient (Wildman–Crippen LogP) is 4.15. The van der Waals surface area contributed by atoms with E-state index in [1.54, 1.807) is 24.3 Å². The van der Waals surface area contributed by atoms with Crippen LogP contribution in [0.15, 0.2) is 24.3 Å². The number of esters is 2. The molecule has 0 unspecified atom stereocenters. The van der Waals surface area contributed by atoms with Gasteiger partial charge in [0, 0.05) is 12.8 Å². The standard InChI is InChI=1S/C19H25NO4/c1-2-23-18(21)9-7-5-3-4-6-8-10-19(22)24-17-13-11-16(15-20)12-14-17/h11-14H,2-10H2,1H3. The minimum atomic E-state index is -0.248. The molecule has 1 aromatic carbocycles. The van der Waals surface area contributed by atoms with Gasteiger partial charge in [-0.15, -0.1) is 0 Å². The van der Waals surface area contributed by atoms with Crippen molar-refractivity contribution >= 4 is 11.9 Å². The van der Waals surface area contributed by atoms with E-state index < -0.39 is 0 Å². The fourth-order valence-electron chi connectivity index (χ4n) is 2.26. The Morgan fingerprint density at radius 1 is 0.917 bits per heavy atom. The van der Waals surface area contributed by atoms with Crippen molar-refractivity contribution < 1.29 is 19.1 Å². The summed E-state index contributed by atoms with van der Waals surface area (Å²) in [5.74, 6) is 0.100. The summed E-state index contributed by atoms with van der Waals surface area (Å²) in [6.45, 7) is 2.25. The minimum Gasteiger partial charge on any atom is -0.466 e. The maximum Gasteiger partial charge on any atom is 0.311 e. The van der Waals surface area contributed by atoms with Gasteiger partial charge in [0.05, 0.1) is 18.2 Å². The Morgan fingerprint density at radius 3 is 2.00 bits per heavy atom. The largest absolute Gasteiger partial charge is 0.466 e. The average Bonchev–Trinajstić information content (AvgIpc) is 2.58. The normalized spacial score (nSPS) is 10.0. The molecule has 0 atom stereocenters. The van der Waals surface area contributed by atoms with Crippen molar-refractivity contribution in [1.82, 2.24) is 0 Å². The quantitative estimate of drug-likeness (QED) is 0.346. The van der Waals surface area contributed by atoms with Crippen LogP contribution in [-0.2, 0) is 14.3 Å². The first-order chi connectivity index (χ1) is 11.7. The second-order valence-corrected chi connectivity index (χ2v) is 5.54. The second kappa shape index (κ2) is 12.1. The van der Waals surface area contributed by atoms with Gasteiger partial charge in [-0.2, -0.15) is 5.26 Å². The van der Waals surface area contributed by atoms with Crippen LogP contribution >= 0.6 is 0 Å². The highest BCUT2D eigenvalue weighted by Gasteiger charge is 2.05. The summed E-state index contributed by atoms with van der Waals surface area (Å²) in [7, 11) is 0. The molecule has 0 aromatic heterocycles. The van der Waals surface area contributed by atoms with Crippen LogP contribution in [0.4, 0.5) is 0 Å². The third kappa shape index (κ3) is 8.94. The molecule has 5 nitrogen and oxygen atoms in total. The SMILES string of the molecule is CCOC(=O)CCCCCCCCC(=O)Oc1ccc(C#N)cc1. The monoisotopic (exact) mass is 331 g/mol. The average molecular weight is 331 g/mol. The van der Waals surface area contributed by atoms with Gasteiger partial charge in [0.25, 0.3) is 0 Å². The van der Waals surface area contributed by atoms with Crippen molar-refractivity contribution in [3.8, 4) is 11.8 Å². The topological polar surface area (TPSA) is 76.4 Å². The highest BCUT2D eigenvalue weighted by molar-refractivity contribution is 5.72. The molecule has 1 aromatic rings. The van der Waals surface area contributed by atoms with E-state index in [4.69, 9.17) is 14.7 Å². The van der Waals surface area contributed by atoms with E-state index in [1.165, 1.54) is 0 Å². The molecule has 0 N–H and O–H groups in total. The van der Waals surface area contributed by atoms with Gasteiger partial charge in [-0.05, 0) is 44.0 Å². The lowest BCUT2D eigenvalue weighted by Crippen LogP contribution is -2.07. The molecule has 0 aliphatic carbocycles. The predicted molar refractivity (Wildman–Crippen MR) is 90.4 cm³/mol. The van der Waals surface area contributed by atoms with Gasteiger partial charge < -0.3 is 9.47 Å². The smallest absolute Gasteiger partial charge is 0.311 e. The molecule has 0 bridgehead atoms. The molecule has 24 heavy (non-hydrogen) atoms. The summed E-state index contributed by atoms with van der Waals surface area (Å²) in [5.41, 5.74) is 0.540. The highest BCUT2D eigenvalue weighted by atomic mass is 16.5. The zero-order chi connectivity index (χ0) is 17.6. The first-order valence-corrected chi connectivity index (χ1v) is 8.52. The Hall–Kier alpha value is -2.35. The Balaban J connectivity index is 2.01. The van der Waals surface area contributed by atoms with E-state index in [-0.39, 0.29) is 11.9 Å². The van der Waals surface area contributed by atoms with Crippen molar-refractivity contribution in [1.29, 1.82) is 5.26 Å². The molecule has 0 saturated heterocycles. The molecule has 0 aliphatic heterocycles. The summed E-state index contributed by atoms with van der Waals surface area (Å²) < 4.78 is 10.1. The fourth-order valence-corrected chi connectivity index (χ4v) is 2.26. The van der Waals surface area contributed by atoms with Crippen molar-refractivity contribution in [3.05, 3.63) is 29.8 Å². The van der Waals surface area contributed by atoms with Crippen molar-refractivity contribution in [3.63, 3.8) is 0 Å². The van der Waals surface area contributed by atoms with Gasteiger partial charge in [0.15, 0.2) is 0 Å². The Bertz CT molecular complexity index is 545. The molecule has 1 rings (SSSR count). The van der Waals surface area contributed by atoms with Gasteiger partial charge in [-0.3, -0.25) is 9.59 Å². The summed E-state index contributed by atoms with van der Waals surface area (Å²) in [6.07, 6.45) is 6.63. The summed E-state index contributed by atoms with van der Waals surface area (Å²) in [6, 6.07) is 8.51. The number of nitrogens with zero attached hydrogens (tertiary/aromatic N) is 1. The molecule has 0 heterocycles.